The van der Waals surface area contributed by atoms with E-state index in [0.29, 0.717) is 28.1 Å². The zero-order valence-corrected chi connectivity index (χ0v) is 14.1. The van der Waals surface area contributed by atoms with Crippen LogP contribution in [0, 0.1) is 0 Å². The van der Waals surface area contributed by atoms with E-state index in [9.17, 15) is 14.7 Å². The number of rotatable bonds is 4. The molecule has 4 N–H and O–H groups in total. The van der Waals surface area contributed by atoms with Crippen LogP contribution in [0.2, 0.25) is 0 Å². The van der Waals surface area contributed by atoms with Crippen LogP contribution in [-0.2, 0) is 0 Å². The van der Waals surface area contributed by atoms with Gasteiger partial charge in [0.15, 0.2) is 0 Å². The average Bonchev–Trinajstić information content (AvgIpc) is 2.93. The van der Waals surface area contributed by atoms with Crippen molar-refractivity contribution in [2.75, 3.05) is 19.5 Å². The minimum absolute atomic E-state index is 0.0581. The monoisotopic (exact) mass is 355 g/mol. The van der Waals surface area contributed by atoms with Crippen molar-refractivity contribution in [3.05, 3.63) is 48.0 Å². The van der Waals surface area contributed by atoms with Gasteiger partial charge in [-0.05, 0) is 18.2 Å². The minimum atomic E-state index is -0.889. The van der Waals surface area contributed by atoms with Crippen LogP contribution >= 0.6 is 0 Å². The summed E-state index contributed by atoms with van der Waals surface area (Å²) in [5.74, 6) is -0.185. The van der Waals surface area contributed by atoms with E-state index < -0.39 is 17.8 Å². The quantitative estimate of drug-likeness (QED) is 0.665. The molecule has 0 bridgehead atoms. The summed E-state index contributed by atoms with van der Waals surface area (Å²) >= 11 is 0. The van der Waals surface area contributed by atoms with Gasteiger partial charge in [-0.1, -0.05) is 18.2 Å². The van der Waals surface area contributed by atoms with Gasteiger partial charge in [-0.2, -0.15) is 0 Å². The fraction of sp³-hybridized carbons (Fsp3) is 0.111. The van der Waals surface area contributed by atoms with Crippen LogP contribution < -0.4 is 20.5 Å². The summed E-state index contributed by atoms with van der Waals surface area (Å²) in [5, 5.41) is 13.5. The van der Waals surface area contributed by atoms with E-state index in [4.69, 9.17) is 15.2 Å². The Morgan fingerprint density at radius 1 is 1.12 bits per heavy atom. The minimum Gasteiger partial charge on any atom is -0.497 e. The second-order valence-electron chi connectivity index (χ2n) is 5.41. The van der Waals surface area contributed by atoms with Crippen LogP contribution in [0.5, 0.6) is 17.4 Å². The van der Waals surface area contributed by atoms with Crippen LogP contribution in [0.15, 0.2) is 42.5 Å². The highest BCUT2D eigenvalue weighted by Gasteiger charge is 2.25. The number of aromatic nitrogens is 1. The number of hydrogen-bond donors (Lipinski definition) is 3. The molecule has 0 saturated carbocycles. The first-order valence-corrected chi connectivity index (χ1v) is 7.63. The number of primary amides is 1. The molecule has 0 fully saturated rings. The van der Waals surface area contributed by atoms with Gasteiger partial charge in [-0.15, -0.1) is 0 Å². The first-order valence-electron chi connectivity index (χ1n) is 7.63. The van der Waals surface area contributed by atoms with E-state index in [1.165, 1.54) is 14.2 Å². The molecule has 3 aromatic rings. The summed E-state index contributed by atoms with van der Waals surface area (Å²) in [7, 11) is 2.98. The fourth-order valence-corrected chi connectivity index (χ4v) is 2.76. The largest absolute Gasteiger partial charge is 0.497 e. The molecule has 0 radical (unpaired) electrons. The highest BCUT2D eigenvalue weighted by molar-refractivity contribution is 6.17. The van der Waals surface area contributed by atoms with Crippen molar-refractivity contribution in [3.63, 3.8) is 0 Å². The van der Waals surface area contributed by atoms with Gasteiger partial charge in [-0.3, -0.25) is 4.79 Å². The lowest BCUT2D eigenvalue weighted by molar-refractivity contribution is 0.102. The van der Waals surface area contributed by atoms with Crippen LogP contribution in [-0.4, -0.2) is 35.8 Å². The number of nitrogens with two attached hydrogens (primary N) is 1. The van der Waals surface area contributed by atoms with E-state index in [1.54, 1.807) is 42.5 Å². The first-order chi connectivity index (χ1) is 12.5. The molecular weight excluding hydrogens is 338 g/mol. The van der Waals surface area contributed by atoms with Crippen molar-refractivity contribution in [2.45, 2.75) is 0 Å². The van der Waals surface area contributed by atoms with Crippen molar-refractivity contribution in [1.82, 2.24) is 4.57 Å². The van der Waals surface area contributed by atoms with Crippen molar-refractivity contribution in [2.24, 2.45) is 5.73 Å². The Bertz CT molecular complexity index is 1010. The SMILES string of the molecule is COc1ccc(NC(=O)c2c(O)n(C(N)=O)c3ccccc23)c(OC)c1. The van der Waals surface area contributed by atoms with Crippen molar-refractivity contribution in [3.8, 4) is 17.4 Å². The Kier molecular flexibility index (Phi) is 4.40. The summed E-state index contributed by atoms with van der Waals surface area (Å²) in [6.07, 6.45) is 0. The van der Waals surface area contributed by atoms with Crippen molar-refractivity contribution in [1.29, 1.82) is 0 Å². The number of ether oxygens (including phenoxy) is 2. The number of para-hydroxylation sites is 1. The third-order valence-corrected chi connectivity index (χ3v) is 3.95. The van der Waals surface area contributed by atoms with E-state index >= 15 is 0 Å². The third-order valence-electron chi connectivity index (χ3n) is 3.95. The summed E-state index contributed by atoms with van der Waals surface area (Å²) in [6, 6.07) is 10.6. The van der Waals surface area contributed by atoms with Crippen LogP contribution in [0.4, 0.5) is 10.5 Å². The van der Waals surface area contributed by atoms with Crippen LogP contribution in [0.25, 0.3) is 10.9 Å². The number of benzene rings is 2. The number of nitrogens with one attached hydrogen (secondary N) is 1. The maximum Gasteiger partial charge on any atom is 0.326 e. The topological polar surface area (TPSA) is 116 Å². The zero-order valence-electron chi connectivity index (χ0n) is 14.1. The number of nitrogens with zero attached hydrogens (tertiary/aromatic N) is 1. The molecule has 0 aliphatic heterocycles. The number of aromatic hydroxyl groups is 1. The van der Waals surface area contributed by atoms with E-state index in [1.807, 2.05) is 0 Å². The van der Waals surface area contributed by atoms with Gasteiger partial charge in [-0.25, -0.2) is 9.36 Å². The molecule has 134 valence electrons. The molecule has 1 aromatic heterocycles. The summed E-state index contributed by atoms with van der Waals surface area (Å²) in [5.41, 5.74) is 5.99. The number of carbonyl (C=O) groups excluding carboxylic acids is 2. The lowest BCUT2D eigenvalue weighted by Crippen LogP contribution is -2.19. The molecular formula is C18H17N3O5. The highest BCUT2D eigenvalue weighted by atomic mass is 16.5. The molecule has 2 aromatic carbocycles. The molecule has 8 nitrogen and oxygen atoms in total. The van der Waals surface area contributed by atoms with Gasteiger partial charge in [0.25, 0.3) is 5.91 Å². The van der Waals surface area contributed by atoms with Crippen molar-refractivity contribution < 1.29 is 24.2 Å². The number of carbonyl (C=O) groups is 2. The van der Waals surface area contributed by atoms with Crippen LogP contribution in [0.3, 0.4) is 0 Å². The summed E-state index contributed by atoms with van der Waals surface area (Å²) in [6.45, 7) is 0. The molecule has 0 spiro atoms. The molecule has 0 aliphatic carbocycles. The molecule has 0 saturated heterocycles. The Morgan fingerprint density at radius 2 is 1.85 bits per heavy atom. The lowest BCUT2D eigenvalue weighted by atomic mass is 10.1. The second kappa shape index (κ2) is 6.67. The summed E-state index contributed by atoms with van der Waals surface area (Å²) < 4.78 is 11.3. The maximum absolute atomic E-state index is 12.8. The van der Waals surface area contributed by atoms with Gasteiger partial charge in [0.05, 0.1) is 25.4 Å². The number of amides is 2. The number of anilines is 1. The predicted molar refractivity (Wildman–Crippen MR) is 96.1 cm³/mol. The fourth-order valence-electron chi connectivity index (χ4n) is 2.76. The number of methoxy groups -OCH3 is 2. The van der Waals surface area contributed by atoms with Gasteiger partial charge < -0.3 is 25.6 Å². The Labute approximate surface area is 148 Å². The Balaban J connectivity index is 2.07. The smallest absolute Gasteiger partial charge is 0.326 e. The predicted octanol–water partition coefficient (Wildman–Crippen LogP) is 2.54. The Hall–Kier alpha value is -3.68. The van der Waals surface area contributed by atoms with Gasteiger partial charge in [0.2, 0.25) is 5.88 Å². The van der Waals surface area contributed by atoms with Gasteiger partial charge in [0.1, 0.15) is 17.1 Å². The first kappa shape index (κ1) is 17.2. The van der Waals surface area contributed by atoms with E-state index in [-0.39, 0.29) is 5.56 Å². The molecule has 8 heteroatoms. The van der Waals surface area contributed by atoms with E-state index in [2.05, 4.69) is 5.32 Å². The van der Waals surface area contributed by atoms with Gasteiger partial charge >= 0.3 is 6.03 Å². The number of fused-ring (bicyclic) bond motifs is 1. The summed E-state index contributed by atoms with van der Waals surface area (Å²) in [4.78, 5) is 24.4. The van der Waals surface area contributed by atoms with Gasteiger partial charge in [0, 0.05) is 11.5 Å². The Morgan fingerprint density at radius 3 is 2.50 bits per heavy atom. The van der Waals surface area contributed by atoms with Crippen molar-refractivity contribution >= 4 is 28.5 Å². The molecule has 2 amide bonds. The maximum atomic E-state index is 12.8. The van der Waals surface area contributed by atoms with Crippen LogP contribution in [0.1, 0.15) is 10.4 Å². The molecule has 1 heterocycles. The molecule has 3 rings (SSSR count). The number of hydrogen-bond acceptors (Lipinski definition) is 5. The highest BCUT2D eigenvalue weighted by Crippen LogP contribution is 2.34. The van der Waals surface area contributed by atoms with E-state index in [0.717, 1.165) is 4.57 Å². The average molecular weight is 355 g/mol. The standard InChI is InChI=1S/C18H17N3O5/c1-25-10-7-8-12(14(9-10)26-2)20-16(22)15-11-5-3-4-6-13(11)21(17(15)23)18(19)24/h3-9,23H,1-2H3,(H2,19,24)(H,20,22). The molecule has 26 heavy (non-hydrogen) atoms. The lowest BCUT2D eigenvalue weighted by Gasteiger charge is -2.11. The second-order valence-corrected chi connectivity index (χ2v) is 5.41. The molecule has 0 unspecified atom stereocenters. The molecule has 0 atom stereocenters. The third kappa shape index (κ3) is 2.77. The normalized spacial score (nSPS) is 10.5. The zero-order chi connectivity index (χ0) is 18.8. The molecule has 0 aliphatic rings.